The molecular formula is C15H18BNO4. The predicted molar refractivity (Wildman–Crippen MR) is 78.2 cm³/mol. The fraction of sp³-hybridized carbons (Fsp3) is 0.467. The highest BCUT2D eigenvalue weighted by atomic mass is 16.7. The van der Waals surface area contributed by atoms with Crippen LogP contribution in [0.15, 0.2) is 18.2 Å². The number of ether oxygens (including phenoxy) is 1. The number of carbonyl (C=O) groups is 1. The van der Waals surface area contributed by atoms with Crippen molar-refractivity contribution in [3.05, 3.63) is 29.3 Å². The molecule has 0 bridgehead atoms. The molecule has 0 radical (unpaired) electrons. The number of benzene rings is 1. The lowest BCUT2D eigenvalue weighted by molar-refractivity contribution is 0.00578. The van der Waals surface area contributed by atoms with Crippen molar-refractivity contribution in [1.29, 1.82) is 5.26 Å². The van der Waals surface area contributed by atoms with Gasteiger partial charge in [0.25, 0.3) is 0 Å². The second-order valence-corrected chi connectivity index (χ2v) is 5.99. The highest BCUT2D eigenvalue weighted by molar-refractivity contribution is 6.63. The van der Waals surface area contributed by atoms with E-state index in [2.05, 4.69) is 6.07 Å². The Kier molecular flexibility index (Phi) is 3.83. The highest BCUT2D eigenvalue weighted by Crippen LogP contribution is 2.36. The van der Waals surface area contributed by atoms with E-state index >= 15 is 0 Å². The maximum atomic E-state index is 11.9. The molecule has 0 unspecified atom stereocenters. The average molecular weight is 287 g/mol. The minimum Gasteiger partial charge on any atom is -0.465 e. The SMILES string of the molecule is COC(=O)c1ccc(C#N)cc1B1OC(C)(C)C(C)(C)O1. The first-order valence-corrected chi connectivity index (χ1v) is 6.70. The zero-order valence-corrected chi connectivity index (χ0v) is 12.9. The van der Waals surface area contributed by atoms with Crippen LogP contribution in [0.4, 0.5) is 0 Å². The summed E-state index contributed by atoms with van der Waals surface area (Å²) in [4.78, 5) is 11.9. The smallest absolute Gasteiger partial charge is 0.465 e. The third-order valence-corrected chi connectivity index (χ3v) is 4.09. The number of carbonyl (C=O) groups excluding carboxylic acids is 1. The average Bonchev–Trinajstić information content (AvgIpc) is 2.66. The van der Waals surface area contributed by atoms with Gasteiger partial charge in [-0.05, 0) is 51.4 Å². The molecule has 0 spiro atoms. The van der Waals surface area contributed by atoms with Crippen LogP contribution in [0.2, 0.25) is 0 Å². The summed E-state index contributed by atoms with van der Waals surface area (Å²) < 4.78 is 16.7. The summed E-state index contributed by atoms with van der Waals surface area (Å²) in [7, 11) is 0.603. The predicted octanol–water partition coefficient (Wildman–Crippen LogP) is 1.64. The van der Waals surface area contributed by atoms with Gasteiger partial charge in [0.15, 0.2) is 0 Å². The molecule has 0 aliphatic carbocycles. The first-order valence-electron chi connectivity index (χ1n) is 6.70. The lowest BCUT2D eigenvalue weighted by atomic mass is 9.75. The van der Waals surface area contributed by atoms with Gasteiger partial charge in [-0.15, -0.1) is 0 Å². The van der Waals surface area contributed by atoms with Crippen molar-refractivity contribution in [3.63, 3.8) is 0 Å². The van der Waals surface area contributed by atoms with Crippen LogP contribution in [0.5, 0.6) is 0 Å². The van der Waals surface area contributed by atoms with Gasteiger partial charge in [-0.1, -0.05) is 0 Å². The highest BCUT2D eigenvalue weighted by Gasteiger charge is 2.52. The molecule has 21 heavy (non-hydrogen) atoms. The van der Waals surface area contributed by atoms with Crippen molar-refractivity contribution in [3.8, 4) is 6.07 Å². The van der Waals surface area contributed by atoms with Gasteiger partial charge in [-0.3, -0.25) is 0 Å². The number of hydrogen-bond acceptors (Lipinski definition) is 5. The monoisotopic (exact) mass is 287 g/mol. The lowest BCUT2D eigenvalue weighted by Gasteiger charge is -2.32. The van der Waals surface area contributed by atoms with Crippen LogP contribution in [-0.2, 0) is 14.0 Å². The van der Waals surface area contributed by atoms with E-state index in [1.54, 1.807) is 18.2 Å². The van der Waals surface area contributed by atoms with Crippen LogP contribution < -0.4 is 5.46 Å². The molecule has 1 aliphatic heterocycles. The summed E-state index contributed by atoms with van der Waals surface area (Å²) in [6.45, 7) is 7.72. The van der Waals surface area contributed by atoms with Crippen molar-refractivity contribution >= 4 is 18.6 Å². The summed E-state index contributed by atoms with van der Waals surface area (Å²) in [6.07, 6.45) is 0. The van der Waals surface area contributed by atoms with Crippen LogP contribution in [0, 0.1) is 11.3 Å². The molecule has 2 rings (SSSR count). The normalized spacial score (nSPS) is 19.1. The van der Waals surface area contributed by atoms with E-state index in [9.17, 15) is 4.79 Å². The van der Waals surface area contributed by atoms with Crippen molar-refractivity contribution in [1.82, 2.24) is 0 Å². The maximum Gasteiger partial charge on any atom is 0.495 e. The summed E-state index contributed by atoms with van der Waals surface area (Å²) in [5.74, 6) is -0.482. The van der Waals surface area contributed by atoms with E-state index in [0.29, 0.717) is 16.6 Å². The largest absolute Gasteiger partial charge is 0.495 e. The molecule has 0 aromatic heterocycles. The zero-order chi connectivity index (χ0) is 15.8. The van der Waals surface area contributed by atoms with Gasteiger partial charge in [0, 0.05) is 0 Å². The lowest BCUT2D eigenvalue weighted by Crippen LogP contribution is -2.41. The summed E-state index contributed by atoms with van der Waals surface area (Å²) >= 11 is 0. The standard InChI is InChI=1S/C15H18BNO4/c1-14(2)15(3,4)21-16(20-14)12-8-10(9-17)6-7-11(12)13(18)19-5/h6-8H,1-5H3. The van der Waals surface area contributed by atoms with E-state index in [0.717, 1.165) is 0 Å². The molecule has 0 amide bonds. The molecule has 1 fully saturated rings. The molecule has 0 saturated carbocycles. The number of methoxy groups -OCH3 is 1. The van der Waals surface area contributed by atoms with E-state index < -0.39 is 24.3 Å². The number of nitrogens with zero attached hydrogens (tertiary/aromatic N) is 1. The van der Waals surface area contributed by atoms with Gasteiger partial charge in [-0.25, -0.2) is 4.79 Å². The molecule has 0 atom stereocenters. The van der Waals surface area contributed by atoms with Crippen molar-refractivity contribution < 1.29 is 18.8 Å². The first kappa shape index (κ1) is 15.6. The van der Waals surface area contributed by atoms with Gasteiger partial charge >= 0.3 is 13.1 Å². The van der Waals surface area contributed by atoms with Gasteiger partial charge in [0.1, 0.15) is 0 Å². The Morgan fingerprint density at radius 1 is 1.24 bits per heavy atom. The summed E-state index contributed by atoms with van der Waals surface area (Å²) in [5.41, 5.74) is 0.253. The third kappa shape index (κ3) is 2.67. The molecule has 5 nitrogen and oxygen atoms in total. The number of hydrogen-bond donors (Lipinski definition) is 0. The number of nitriles is 1. The first-order chi connectivity index (χ1) is 9.71. The second kappa shape index (κ2) is 5.17. The Morgan fingerprint density at radius 3 is 2.29 bits per heavy atom. The minimum atomic E-state index is -0.711. The molecule has 6 heteroatoms. The molecule has 1 saturated heterocycles. The van der Waals surface area contributed by atoms with E-state index in [1.807, 2.05) is 27.7 Å². The Balaban J connectivity index is 2.49. The van der Waals surface area contributed by atoms with Gasteiger partial charge in [-0.2, -0.15) is 5.26 Å². The molecule has 0 N–H and O–H groups in total. The molecular weight excluding hydrogens is 269 g/mol. The zero-order valence-electron chi connectivity index (χ0n) is 12.9. The van der Waals surface area contributed by atoms with Crippen LogP contribution >= 0.6 is 0 Å². The van der Waals surface area contributed by atoms with Gasteiger partial charge in [0.2, 0.25) is 0 Å². The van der Waals surface area contributed by atoms with Gasteiger partial charge in [0.05, 0.1) is 35.5 Å². The molecule has 1 aromatic carbocycles. The number of rotatable bonds is 2. The maximum absolute atomic E-state index is 11.9. The molecule has 1 aromatic rings. The summed E-state index contributed by atoms with van der Waals surface area (Å²) in [5, 5.41) is 9.05. The topological polar surface area (TPSA) is 68.6 Å². The number of esters is 1. The Bertz CT molecular complexity index is 603. The second-order valence-electron chi connectivity index (χ2n) is 5.99. The molecule has 110 valence electrons. The Morgan fingerprint density at radius 2 is 1.81 bits per heavy atom. The Hall–Kier alpha value is -1.84. The van der Waals surface area contributed by atoms with Crippen LogP contribution in [0.25, 0.3) is 0 Å². The van der Waals surface area contributed by atoms with Crippen LogP contribution in [-0.4, -0.2) is 31.4 Å². The van der Waals surface area contributed by atoms with Crippen molar-refractivity contribution in [2.75, 3.05) is 7.11 Å². The molecule has 1 aliphatic rings. The van der Waals surface area contributed by atoms with Crippen molar-refractivity contribution in [2.24, 2.45) is 0 Å². The fourth-order valence-corrected chi connectivity index (χ4v) is 2.09. The van der Waals surface area contributed by atoms with E-state index in [-0.39, 0.29) is 0 Å². The third-order valence-electron chi connectivity index (χ3n) is 4.09. The Labute approximate surface area is 124 Å². The molecule has 1 heterocycles. The van der Waals surface area contributed by atoms with Crippen LogP contribution in [0.1, 0.15) is 43.6 Å². The minimum absolute atomic E-state index is 0.343. The van der Waals surface area contributed by atoms with Gasteiger partial charge < -0.3 is 14.0 Å². The summed E-state index contributed by atoms with van der Waals surface area (Å²) in [6, 6.07) is 6.79. The van der Waals surface area contributed by atoms with E-state index in [4.69, 9.17) is 19.3 Å². The van der Waals surface area contributed by atoms with Crippen molar-refractivity contribution in [2.45, 2.75) is 38.9 Å². The quantitative estimate of drug-likeness (QED) is 0.611. The fourth-order valence-electron chi connectivity index (χ4n) is 2.09. The van der Waals surface area contributed by atoms with E-state index in [1.165, 1.54) is 7.11 Å². The van der Waals surface area contributed by atoms with Crippen LogP contribution in [0.3, 0.4) is 0 Å².